The van der Waals surface area contributed by atoms with Gasteiger partial charge in [0.2, 0.25) is 0 Å². The summed E-state index contributed by atoms with van der Waals surface area (Å²) in [6.45, 7) is 4.78. The van der Waals surface area contributed by atoms with Gasteiger partial charge in [0.1, 0.15) is 0 Å². The quantitative estimate of drug-likeness (QED) is 0.902. The molecule has 21 heavy (non-hydrogen) atoms. The Morgan fingerprint density at radius 1 is 1.05 bits per heavy atom. The highest BCUT2D eigenvalue weighted by Gasteiger charge is 2.31. The summed E-state index contributed by atoms with van der Waals surface area (Å²) >= 11 is 0. The van der Waals surface area contributed by atoms with E-state index in [1.54, 1.807) is 0 Å². The fourth-order valence-corrected chi connectivity index (χ4v) is 3.97. The van der Waals surface area contributed by atoms with Gasteiger partial charge in [-0.05, 0) is 24.8 Å². The van der Waals surface area contributed by atoms with Gasteiger partial charge in [0.15, 0.2) is 0 Å². The normalized spacial score (nSPS) is 25.5. The molecule has 1 saturated heterocycles. The van der Waals surface area contributed by atoms with Crippen molar-refractivity contribution < 1.29 is 5.11 Å². The van der Waals surface area contributed by atoms with Crippen molar-refractivity contribution in [3.8, 4) is 0 Å². The van der Waals surface area contributed by atoms with E-state index >= 15 is 0 Å². The SMILES string of the molecule is OCC[C@@H]1CN(C2CCCC2)CCN1Cc1ccccc1. The molecule has 1 heterocycles. The number of aliphatic hydroxyl groups excluding tert-OH is 1. The number of rotatable bonds is 5. The zero-order valence-electron chi connectivity index (χ0n) is 13.0. The smallest absolute Gasteiger partial charge is 0.0446 e. The Morgan fingerprint density at radius 3 is 2.52 bits per heavy atom. The molecule has 0 amide bonds. The number of benzene rings is 1. The van der Waals surface area contributed by atoms with Gasteiger partial charge in [0.25, 0.3) is 0 Å². The highest BCUT2D eigenvalue weighted by molar-refractivity contribution is 5.14. The summed E-state index contributed by atoms with van der Waals surface area (Å²) < 4.78 is 0. The molecule has 0 unspecified atom stereocenters. The second-order valence-electron chi connectivity index (χ2n) is 6.56. The Balaban J connectivity index is 1.61. The van der Waals surface area contributed by atoms with E-state index in [9.17, 15) is 5.11 Å². The molecule has 1 atom stereocenters. The van der Waals surface area contributed by atoms with E-state index in [4.69, 9.17) is 0 Å². The van der Waals surface area contributed by atoms with Crippen LogP contribution in [0, 0.1) is 0 Å². The molecule has 1 N–H and O–H groups in total. The van der Waals surface area contributed by atoms with Gasteiger partial charge in [0.05, 0.1) is 0 Å². The molecule has 3 rings (SSSR count). The van der Waals surface area contributed by atoms with Crippen molar-refractivity contribution in [2.45, 2.75) is 50.7 Å². The lowest BCUT2D eigenvalue weighted by Crippen LogP contribution is -2.55. The van der Waals surface area contributed by atoms with Crippen molar-refractivity contribution in [1.29, 1.82) is 0 Å². The third-order valence-electron chi connectivity index (χ3n) is 5.17. The monoisotopic (exact) mass is 288 g/mol. The second-order valence-corrected chi connectivity index (χ2v) is 6.56. The summed E-state index contributed by atoms with van der Waals surface area (Å²) in [6, 6.07) is 12.0. The van der Waals surface area contributed by atoms with Gasteiger partial charge < -0.3 is 5.11 Å². The van der Waals surface area contributed by atoms with Crippen molar-refractivity contribution in [3.63, 3.8) is 0 Å². The first-order chi connectivity index (χ1) is 10.4. The van der Waals surface area contributed by atoms with Crippen LogP contribution in [0.3, 0.4) is 0 Å². The van der Waals surface area contributed by atoms with Crippen LogP contribution < -0.4 is 0 Å². The average molecular weight is 288 g/mol. The standard InChI is InChI=1S/C18H28N2O/c21-13-10-18-15-20(17-8-4-5-9-17)12-11-19(18)14-16-6-2-1-3-7-16/h1-3,6-7,17-18,21H,4-5,8-15H2/t18-/m1/s1. The minimum Gasteiger partial charge on any atom is -0.396 e. The van der Waals surface area contributed by atoms with Gasteiger partial charge in [-0.15, -0.1) is 0 Å². The molecule has 1 saturated carbocycles. The van der Waals surface area contributed by atoms with Crippen molar-refractivity contribution >= 4 is 0 Å². The first kappa shape index (κ1) is 15.0. The molecule has 3 heteroatoms. The summed E-state index contributed by atoms with van der Waals surface area (Å²) in [5.74, 6) is 0. The van der Waals surface area contributed by atoms with E-state index in [1.165, 1.54) is 37.8 Å². The molecule has 116 valence electrons. The highest BCUT2D eigenvalue weighted by atomic mass is 16.3. The predicted molar refractivity (Wildman–Crippen MR) is 86.2 cm³/mol. The largest absolute Gasteiger partial charge is 0.396 e. The minimum absolute atomic E-state index is 0.300. The molecule has 0 bridgehead atoms. The highest BCUT2D eigenvalue weighted by Crippen LogP contribution is 2.26. The molecule has 1 aliphatic heterocycles. The summed E-state index contributed by atoms with van der Waals surface area (Å²) in [7, 11) is 0. The van der Waals surface area contributed by atoms with Gasteiger partial charge in [-0.2, -0.15) is 0 Å². The fraction of sp³-hybridized carbons (Fsp3) is 0.667. The maximum atomic E-state index is 9.41. The Morgan fingerprint density at radius 2 is 1.81 bits per heavy atom. The molecule has 2 fully saturated rings. The number of hydrogen-bond donors (Lipinski definition) is 1. The molecule has 3 nitrogen and oxygen atoms in total. The molecule has 0 radical (unpaired) electrons. The van der Waals surface area contributed by atoms with Crippen LogP contribution in [0.5, 0.6) is 0 Å². The summed E-state index contributed by atoms with van der Waals surface area (Å²) in [5, 5.41) is 9.41. The van der Waals surface area contributed by atoms with E-state index in [0.29, 0.717) is 12.6 Å². The van der Waals surface area contributed by atoms with Crippen molar-refractivity contribution in [1.82, 2.24) is 9.80 Å². The van der Waals surface area contributed by atoms with E-state index in [-0.39, 0.29) is 0 Å². The van der Waals surface area contributed by atoms with E-state index < -0.39 is 0 Å². The first-order valence-corrected chi connectivity index (χ1v) is 8.49. The number of nitrogens with zero attached hydrogens (tertiary/aromatic N) is 2. The van der Waals surface area contributed by atoms with Crippen LogP contribution in [0.4, 0.5) is 0 Å². The Hall–Kier alpha value is -0.900. The third-order valence-corrected chi connectivity index (χ3v) is 5.17. The molecular formula is C18H28N2O. The summed E-state index contributed by atoms with van der Waals surface area (Å²) in [6.07, 6.45) is 6.46. The zero-order valence-corrected chi connectivity index (χ0v) is 13.0. The topological polar surface area (TPSA) is 26.7 Å². The van der Waals surface area contributed by atoms with Gasteiger partial charge in [-0.1, -0.05) is 43.2 Å². The average Bonchev–Trinajstić information content (AvgIpc) is 3.05. The van der Waals surface area contributed by atoms with Crippen molar-refractivity contribution in [3.05, 3.63) is 35.9 Å². The van der Waals surface area contributed by atoms with Crippen molar-refractivity contribution in [2.75, 3.05) is 26.2 Å². The Labute approximate surface area is 128 Å². The van der Waals surface area contributed by atoms with Crippen LogP contribution in [0.2, 0.25) is 0 Å². The minimum atomic E-state index is 0.300. The molecule has 2 aliphatic rings. The van der Waals surface area contributed by atoms with Crippen LogP contribution in [0.25, 0.3) is 0 Å². The van der Waals surface area contributed by atoms with Gasteiger partial charge >= 0.3 is 0 Å². The van der Waals surface area contributed by atoms with Crippen LogP contribution in [0.15, 0.2) is 30.3 Å². The van der Waals surface area contributed by atoms with E-state index in [1.807, 2.05) is 0 Å². The molecule has 0 spiro atoms. The molecule has 1 aromatic rings. The lowest BCUT2D eigenvalue weighted by molar-refractivity contribution is 0.0327. The number of hydrogen-bond acceptors (Lipinski definition) is 3. The Bertz CT molecular complexity index is 416. The third kappa shape index (κ3) is 3.85. The van der Waals surface area contributed by atoms with Crippen molar-refractivity contribution in [2.24, 2.45) is 0 Å². The molecule has 1 aromatic carbocycles. The summed E-state index contributed by atoms with van der Waals surface area (Å²) in [4.78, 5) is 5.26. The Kier molecular flexibility index (Phi) is 5.28. The van der Waals surface area contributed by atoms with Gasteiger partial charge in [-0.25, -0.2) is 0 Å². The summed E-state index contributed by atoms with van der Waals surface area (Å²) in [5.41, 5.74) is 1.38. The maximum absolute atomic E-state index is 9.41. The molecule has 0 aromatic heterocycles. The number of piperazine rings is 1. The molecule has 1 aliphatic carbocycles. The van der Waals surface area contributed by atoms with Crippen LogP contribution in [-0.2, 0) is 6.54 Å². The maximum Gasteiger partial charge on any atom is 0.0446 e. The van der Waals surface area contributed by atoms with Crippen LogP contribution in [-0.4, -0.2) is 53.2 Å². The fourth-order valence-electron chi connectivity index (χ4n) is 3.97. The molecular weight excluding hydrogens is 260 g/mol. The first-order valence-electron chi connectivity index (χ1n) is 8.49. The van der Waals surface area contributed by atoms with E-state index in [0.717, 1.165) is 32.1 Å². The second kappa shape index (κ2) is 7.39. The lowest BCUT2D eigenvalue weighted by Gasteiger charge is -2.44. The van der Waals surface area contributed by atoms with Crippen LogP contribution in [0.1, 0.15) is 37.7 Å². The number of aliphatic hydroxyl groups is 1. The predicted octanol–water partition coefficient (Wildman–Crippen LogP) is 2.50. The van der Waals surface area contributed by atoms with Gasteiger partial charge in [0, 0.05) is 44.9 Å². The van der Waals surface area contributed by atoms with E-state index in [2.05, 4.69) is 40.1 Å². The zero-order chi connectivity index (χ0) is 14.5. The van der Waals surface area contributed by atoms with Crippen LogP contribution >= 0.6 is 0 Å². The lowest BCUT2D eigenvalue weighted by atomic mass is 10.0. The van der Waals surface area contributed by atoms with Gasteiger partial charge in [-0.3, -0.25) is 9.80 Å².